The summed E-state index contributed by atoms with van der Waals surface area (Å²) in [6.07, 6.45) is 0. The molecule has 13 aromatic rings. The minimum atomic E-state index is -0.0531. The fourth-order valence-electron chi connectivity index (χ4n) is 11.7. The molecule has 0 fully saturated rings. The first kappa shape index (κ1) is 36.3. The van der Waals surface area contributed by atoms with Crippen LogP contribution in [0.4, 0.5) is 17.1 Å². The summed E-state index contributed by atoms with van der Waals surface area (Å²) in [5.74, 6) is 0. The number of hydrogen-bond donors (Lipinski definition) is 0. The number of fused-ring (bicyclic) bond motifs is 15. The molecule has 0 bridgehead atoms. The molecule has 0 unspecified atom stereocenters. The van der Waals surface area contributed by atoms with E-state index in [0.717, 1.165) is 17.1 Å². The summed E-state index contributed by atoms with van der Waals surface area (Å²) in [6.45, 7) is 4.71. The Balaban J connectivity index is 0.925. The molecule has 0 saturated carbocycles. The Labute approximate surface area is 377 Å². The van der Waals surface area contributed by atoms with Crippen LogP contribution in [0.3, 0.4) is 0 Å². The molecule has 2 heterocycles. The Bertz CT molecular complexity index is 4040. The highest BCUT2D eigenvalue weighted by molar-refractivity contribution is 6.27. The third kappa shape index (κ3) is 5.11. The molecule has 0 N–H and O–H groups in total. The first-order valence-electron chi connectivity index (χ1n) is 22.8. The summed E-state index contributed by atoms with van der Waals surface area (Å²) in [7, 11) is 0. The van der Waals surface area contributed by atoms with E-state index in [9.17, 15) is 0 Å². The summed E-state index contributed by atoms with van der Waals surface area (Å²) >= 11 is 0. The van der Waals surface area contributed by atoms with Crippen LogP contribution < -0.4 is 4.90 Å². The maximum Gasteiger partial charge on any atom is 0.0626 e. The number of nitrogens with zero attached hydrogens (tertiary/aromatic N) is 2. The highest BCUT2D eigenvalue weighted by atomic mass is 15.1. The monoisotopic (exact) mass is 826 g/mol. The molecule has 11 aromatic carbocycles. The summed E-state index contributed by atoms with van der Waals surface area (Å²) < 4.78 is 2.47. The molecule has 1 aliphatic carbocycles. The summed E-state index contributed by atoms with van der Waals surface area (Å²) in [4.78, 5) is 2.43. The molecule has 2 nitrogen and oxygen atoms in total. The molecule has 304 valence electrons. The van der Waals surface area contributed by atoms with Crippen molar-refractivity contribution in [2.45, 2.75) is 19.3 Å². The zero-order valence-corrected chi connectivity index (χ0v) is 36.2. The van der Waals surface area contributed by atoms with E-state index in [1.807, 2.05) is 0 Å². The predicted molar refractivity (Wildman–Crippen MR) is 277 cm³/mol. The van der Waals surface area contributed by atoms with Crippen molar-refractivity contribution in [1.29, 1.82) is 0 Å². The van der Waals surface area contributed by atoms with Crippen LogP contribution in [0.15, 0.2) is 218 Å². The number of benzene rings is 11. The van der Waals surface area contributed by atoms with Gasteiger partial charge in [-0.25, -0.2) is 0 Å². The quantitative estimate of drug-likeness (QED) is 0.157. The van der Waals surface area contributed by atoms with Gasteiger partial charge in [-0.05, 0) is 131 Å². The van der Waals surface area contributed by atoms with Gasteiger partial charge in [0.1, 0.15) is 0 Å². The van der Waals surface area contributed by atoms with Crippen LogP contribution in [-0.4, -0.2) is 4.40 Å². The summed E-state index contributed by atoms with van der Waals surface area (Å²) in [5, 5.41) is 12.8. The van der Waals surface area contributed by atoms with Crippen LogP contribution in [0.25, 0.3) is 104 Å². The van der Waals surface area contributed by atoms with Gasteiger partial charge in [-0.2, -0.15) is 0 Å². The molecule has 0 saturated heterocycles. The SMILES string of the molecule is CC1(C)c2ccccc2-c2ccc(-c3ccc(N(c4ccc(-c5ccc6c7ccccc7n7c8ccccc8c5c67)cc4)c4ccc5c6ccccc6c6ccccc6c5c4)cc3)cc21. The van der Waals surface area contributed by atoms with Crippen LogP contribution >= 0.6 is 0 Å². The van der Waals surface area contributed by atoms with Gasteiger partial charge in [-0.1, -0.05) is 178 Å². The molecular weight excluding hydrogens is 785 g/mol. The number of hydrogen-bond acceptors (Lipinski definition) is 1. The molecule has 14 rings (SSSR count). The molecule has 2 heteroatoms. The highest BCUT2D eigenvalue weighted by Crippen LogP contribution is 2.50. The Hall–Kier alpha value is -8.20. The van der Waals surface area contributed by atoms with E-state index in [4.69, 9.17) is 0 Å². The Morgan fingerprint density at radius 1 is 0.323 bits per heavy atom. The van der Waals surface area contributed by atoms with Crippen LogP contribution in [0.1, 0.15) is 25.0 Å². The van der Waals surface area contributed by atoms with Crippen LogP contribution in [0.2, 0.25) is 0 Å². The van der Waals surface area contributed by atoms with Gasteiger partial charge in [-0.15, -0.1) is 0 Å². The van der Waals surface area contributed by atoms with Gasteiger partial charge in [0.25, 0.3) is 0 Å². The largest absolute Gasteiger partial charge is 0.310 e. The van der Waals surface area contributed by atoms with Gasteiger partial charge in [0.05, 0.1) is 16.6 Å². The molecule has 0 spiro atoms. The maximum absolute atomic E-state index is 2.47. The Morgan fingerprint density at radius 2 is 0.800 bits per heavy atom. The lowest BCUT2D eigenvalue weighted by Gasteiger charge is -2.27. The number of anilines is 3. The molecule has 65 heavy (non-hydrogen) atoms. The fraction of sp³-hybridized carbons (Fsp3) is 0.0476. The van der Waals surface area contributed by atoms with Crippen molar-refractivity contribution in [2.24, 2.45) is 0 Å². The zero-order chi connectivity index (χ0) is 43.0. The van der Waals surface area contributed by atoms with Crippen LogP contribution in [0, 0.1) is 0 Å². The van der Waals surface area contributed by atoms with Crippen molar-refractivity contribution in [3.05, 3.63) is 230 Å². The summed E-state index contributed by atoms with van der Waals surface area (Å²) in [6, 6.07) is 81.4. The van der Waals surface area contributed by atoms with E-state index in [0.29, 0.717) is 0 Å². The van der Waals surface area contributed by atoms with Gasteiger partial charge in [-0.3, -0.25) is 0 Å². The number of para-hydroxylation sites is 2. The van der Waals surface area contributed by atoms with Crippen molar-refractivity contribution in [3.63, 3.8) is 0 Å². The van der Waals surface area contributed by atoms with Crippen LogP contribution in [0.5, 0.6) is 0 Å². The Kier molecular flexibility index (Phi) is 7.49. The third-order valence-electron chi connectivity index (χ3n) is 14.7. The topological polar surface area (TPSA) is 7.65 Å². The molecular formula is C63H42N2. The second-order valence-corrected chi connectivity index (χ2v) is 18.4. The van der Waals surface area contributed by atoms with Gasteiger partial charge in [0.2, 0.25) is 0 Å². The number of aromatic nitrogens is 1. The lowest BCUT2D eigenvalue weighted by Crippen LogP contribution is -2.14. The minimum absolute atomic E-state index is 0.0531. The first-order valence-corrected chi connectivity index (χ1v) is 22.8. The van der Waals surface area contributed by atoms with Crippen LogP contribution in [-0.2, 0) is 5.41 Å². The van der Waals surface area contributed by atoms with E-state index < -0.39 is 0 Å². The second-order valence-electron chi connectivity index (χ2n) is 18.4. The zero-order valence-electron chi connectivity index (χ0n) is 36.2. The number of rotatable bonds is 5. The first-order chi connectivity index (χ1) is 32.0. The lowest BCUT2D eigenvalue weighted by atomic mass is 9.81. The fourth-order valence-corrected chi connectivity index (χ4v) is 11.7. The van der Waals surface area contributed by atoms with Crippen molar-refractivity contribution >= 4 is 87.5 Å². The molecule has 0 aliphatic heterocycles. The van der Waals surface area contributed by atoms with E-state index >= 15 is 0 Å². The second kappa shape index (κ2) is 13.4. The average Bonchev–Trinajstić information content (AvgIpc) is 3.97. The van der Waals surface area contributed by atoms with E-state index in [1.165, 1.54) is 115 Å². The van der Waals surface area contributed by atoms with Gasteiger partial charge >= 0.3 is 0 Å². The molecule has 0 radical (unpaired) electrons. The van der Waals surface area contributed by atoms with Crippen molar-refractivity contribution in [1.82, 2.24) is 4.40 Å². The predicted octanol–water partition coefficient (Wildman–Crippen LogP) is 17.4. The Morgan fingerprint density at radius 3 is 1.49 bits per heavy atom. The third-order valence-corrected chi connectivity index (χ3v) is 14.7. The highest BCUT2D eigenvalue weighted by Gasteiger charge is 2.35. The lowest BCUT2D eigenvalue weighted by molar-refractivity contribution is 0.660. The van der Waals surface area contributed by atoms with Crippen molar-refractivity contribution in [3.8, 4) is 33.4 Å². The van der Waals surface area contributed by atoms with E-state index in [2.05, 4.69) is 242 Å². The summed E-state index contributed by atoms with van der Waals surface area (Å²) in [5.41, 5.74) is 17.5. The standard InChI is InChI=1S/C63H42N2/c1-63(2)57-20-10-7-17-51(57)52-33-27-41(37-58(52)63)39-23-28-42(29-24-39)64(44-32-34-50-48-15-4-3-13-46(48)47-14-5-6-16-49(47)56(50)38-44)43-30-25-40(26-31-43)45-35-36-54-53-18-8-11-21-59(53)65-60-22-12-9-19-55(60)61(45)62(54)65/h3-38H,1-2H3. The molecule has 2 aromatic heterocycles. The van der Waals surface area contributed by atoms with Gasteiger partial charge in [0.15, 0.2) is 0 Å². The van der Waals surface area contributed by atoms with Crippen molar-refractivity contribution in [2.75, 3.05) is 4.90 Å². The molecule has 0 atom stereocenters. The molecule has 0 amide bonds. The van der Waals surface area contributed by atoms with Crippen molar-refractivity contribution < 1.29 is 0 Å². The van der Waals surface area contributed by atoms with E-state index in [1.54, 1.807) is 0 Å². The van der Waals surface area contributed by atoms with Gasteiger partial charge < -0.3 is 9.30 Å². The normalized spacial score (nSPS) is 13.2. The maximum atomic E-state index is 2.47. The van der Waals surface area contributed by atoms with E-state index in [-0.39, 0.29) is 5.41 Å². The van der Waals surface area contributed by atoms with Gasteiger partial charge in [0, 0.05) is 44.0 Å². The minimum Gasteiger partial charge on any atom is -0.310 e. The molecule has 1 aliphatic rings. The average molecular weight is 827 g/mol. The smallest absolute Gasteiger partial charge is 0.0626 e.